The van der Waals surface area contributed by atoms with E-state index in [2.05, 4.69) is 0 Å². The van der Waals surface area contributed by atoms with Crippen molar-refractivity contribution in [2.75, 3.05) is 6.61 Å². The summed E-state index contributed by atoms with van der Waals surface area (Å²) in [5.41, 5.74) is -5.05. The third-order valence-corrected chi connectivity index (χ3v) is 8.81. The molecule has 3 saturated carbocycles. The summed E-state index contributed by atoms with van der Waals surface area (Å²) < 4.78 is 22.1. The van der Waals surface area contributed by atoms with Crippen LogP contribution >= 0.6 is 0 Å². The van der Waals surface area contributed by atoms with Crippen molar-refractivity contribution < 1.29 is 28.9 Å². The van der Waals surface area contributed by atoms with Crippen LogP contribution in [0.4, 0.5) is 4.39 Å². The van der Waals surface area contributed by atoms with Crippen LogP contribution in [0.1, 0.15) is 53.4 Å². The summed E-state index contributed by atoms with van der Waals surface area (Å²) in [5.74, 6) is -2.03. The highest BCUT2D eigenvalue weighted by molar-refractivity contribution is 6.01. The number of allylic oxidation sites excluding steroid dienone is 4. The van der Waals surface area contributed by atoms with E-state index in [4.69, 9.17) is 4.74 Å². The number of ether oxygens (including phenoxy) is 1. The number of rotatable bonds is 2. The molecular formula is C23H31FO5. The number of aliphatic hydroxyl groups is 2. The van der Waals surface area contributed by atoms with Gasteiger partial charge in [-0.25, -0.2) is 9.18 Å². The van der Waals surface area contributed by atoms with E-state index in [0.29, 0.717) is 19.3 Å². The molecule has 4 aliphatic carbocycles. The molecule has 0 radical (unpaired) electrons. The van der Waals surface area contributed by atoms with Crippen LogP contribution in [0.5, 0.6) is 0 Å². The van der Waals surface area contributed by atoms with Gasteiger partial charge in [-0.1, -0.05) is 25.5 Å². The van der Waals surface area contributed by atoms with Crippen molar-refractivity contribution in [3.8, 4) is 0 Å². The van der Waals surface area contributed by atoms with Crippen LogP contribution in [0.15, 0.2) is 23.8 Å². The molecule has 0 aliphatic heterocycles. The zero-order valence-corrected chi connectivity index (χ0v) is 17.6. The van der Waals surface area contributed by atoms with Gasteiger partial charge in [0, 0.05) is 16.7 Å². The van der Waals surface area contributed by atoms with Crippen molar-refractivity contribution in [1.29, 1.82) is 0 Å². The molecule has 0 bridgehead atoms. The second-order valence-corrected chi connectivity index (χ2v) is 9.89. The summed E-state index contributed by atoms with van der Waals surface area (Å²) in [7, 11) is 0. The van der Waals surface area contributed by atoms with Gasteiger partial charge >= 0.3 is 5.97 Å². The van der Waals surface area contributed by atoms with Crippen molar-refractivity contribution in [2.45, 2.75) is 70.8 Å². The molecule has 29 heavy (non-hydrogen) atoms. The molecule has 2 N–H and O–H groups in total. The van der Waals surface area contributed by atoms with Gasteiger partial charge in [0.2, 0.25) is 0 Å². The summed E-state index contributed by atoms with van der Waals surface area (Å²) in [6, 6.07) is 0. The highest BCUT2D eigenvalue weighted by Gasteiger charge is 2.76. The van der Waals surface area contributed by atoms with Crippen LogP contribution in [0.2, 0.25) is 0 Å². The highest BCUT2D eigenvalue weighted by Crippen LogP contribution is 2.70. The Balaban J connectivity index is 1.81. The van der Waals surface area contributed by atoms with Crippen molar-refractivity contribution in [2.24, 2.45) is 28.6 Å². The van der Waals surface area contributed by atoms with Crippen LogP contribution in [-0.2, 0) is 14.3 Å². The van der Waals surface area contributed by atoms with E-state index in [1.807, 2.05) is 6.92 Å². The molecule has 160 valence electrons. The Hall–Kier alpha value is -1.53. The van der Waals surface area contributed by atoms with Crippen molar-refractivity contribution in [3.63, 3.8) is 0 Å². The number of fused-ring (bicyclic) bond motifs is 5. The minimum atomic E-state index is -1.96. The van der Waals surface area contributed by atoms with Crippen LogP contribution < -0.4 is 0 Å². The van der Waals surface area contributed by atoms with Crippen molar-refractivity contribution >= 4 is 11.8 Å². The molecule has 0 spiro atoms. The standard InChI is InChI=1S/C23H31FO5/c1-5-29-19(27)23(28)13(2)10-17-16-7-6-14-11-15(25)8-9-20(14,3)22(16,24)18(26)12-21(17,23)4/h8-9,11,13,16-18,26,28H,5-7,10,12H2,1-4H3/t13-,16-,17-,18-,20-,21-,22-,23-/m0/s1. The molecule has 5 nitrogen and oxygen atoms in total. The summed E-state index contributed by atoms with van der Waals surface area (Å²) in [6.07, 6.45) is 4.63. The summed E-state index contributed by atoms with van der Waals surface area (Å²) >= 11 is 0. The van der Waals surface area contributed by atoms with E-state index in [0.717, 1.165) is 5.57 Å². The average Bonchev–Trinajstić information content (AvgIpc) is 2.85. The Kier molecular flexibility index (Phi) is 4.46. The third kappa shape index (κ3) is 2.27. The zero-order valence-electron chi connectivity index (χ0n) is 17.6. The first-order valence-corrected chi connectivity index (χ1v) is 10.7. The maximum atomic E-state index is 16.9. The summed E-state index contributed by atoms with van der Waals surface area (Å²) in [6.45, 7) is 7.21. The lowest BCUT2D eigenvalue weighted by Gasteiger charge is -2.62. The van der Waals surface area contributed by atoms with Gasteiger partial charge in [0.15, 0.2) is 17.1 Å². The Bertz CT molecular complexity index is 820. The molecule has 4 rings (SSSR count). The fourth-order valence-corrected chi connectivity index (χ4v) is 7.22. The zero-order chi connectivity index (χ0) is 21.4. The molecule has 0 aromatic rings. The molecule has 8 atom stereocenters. The average molecular weight is 406 g/mol. The van der Waals surface area contributed by atoms with Gasteiger partial charge in [-0.2, -0.15) is 0 Å². The van der Waals surface area contributed by atoms with E-state index in [1.54, 1.807) is 26.8 Å². The fraction of sp³-hybridized carbons (Fsp3) is 0.739. The predicted octanol–water partition coefficient (Wildman–Crippen LogP) is 2.90. The minimum Gasteiger partial charge on any atom is -0.464 e. The second kappa shape index (κ2) is 6.24. The van der Waals surface area contributed by atoms with Gasteiger partial charge in [0.25, 0.3) is 0 Å². The molecule has 0 saturated heterocycles. The SMILES string of the molecule is CCOC(=O)[C@@]1(O)[C@@H](C)C[C@H]2[C@@H]3CCC4=CC(=O)C=C[C@]4(C)[C@@]3(F)[C@@H](O)C[C@@]21C. The Morgan fingerprint density at radius 3 is 2.69 bits per heavy atom. The molecule has 0 aromatic heterocycles. The molecule has 0 unspecified atom stereocenters. The van der Waals surface area contributed by atoms with Crippen LogP contribution in [0.25, 0.3) is 0 Å². The topological polar surface area (TPSA) is 83.8 Å². The van der Waals surface area contributed by atoms with Gasteiger partial charge in [0.1, 0.15) is 0 Å². The van der Waals surface area contributed by atoms with Gasteiger partial charge in [-0.3, -0.25) is 4.79 Å². The van der Waals surface area contributed by atoms with E-state index in [-0.39, 0.29) is 24.7 Å². The quantitative estimate of drug-likeness (QED) is 0.689. The Morgan fingerprint density at radius 2 is 2.03 bits per heavy atom. The van der Waals surface area contributed by atoms with Crippen LogP contribution in [0, 0.1) is 28.6 Å². The number of hydrogen-bond acceptors (Lipinski definition) is 5. The first kappa shape index (κ1) is 20.7. The number of hydrogen-bond donors (Lipinski definition) is 2. The number of carbonyl (C=O) groups is 2. The van der Waals surface area contributed by atoms with Crippen LogP contribution in [-0.4, -0.2) is 45.9 Å². The van der Waals surface area contributed by atoms with Gasteiger partial charge in [-0.15, -0.1) is 0 Å². The number of ketones is 1. The van der Waals surface area contributed by atoms with E-state index >= 15 is 4.39 Å². The number of aliphatic hydroxyl groups excluding tert-OH is 1. The van der Waals surface area contributed by atoms with Crippen molar-refractivity contribution in [3.05, 3.63) is 23.8 Å². The smallest absolute Gasteiger partial charge is 0.338 e. The molecule has 0 heterocycles. The molecular weight excluding hydrogens is 375 g/mol. The molecule has 3 fully saturated rings. The largest absolute Gasteiger partial charge is 0.464 e. The number of halogens is 1. The lowest BCUT2D eigenvalue weighted by Crippen LogP contribution is -2.69. The van der Waals surface area contributed by atoms with Gasteiger partial charge < -0.3 is 14.9 Å². The van der Waals surface area contributed by atoms with E-state index in [9.17, 15) is 19.8 Å². The van der Waals surface area contributed by atoms with Crippen LogP contribution in [0.3, 0.4) is 0 Å². The van der Waals surface area contributed by atoms with Gasteiger partial charge in [0.05, 0.1) is 12.7 Å². The first-order valence-electron chi connectivity index (χ1n) is 10.7. The molecule has 4 aliphatic rings. The lowest BCUT2D eigenvalue weighted by molar-refractivity contribution is -0.227. The Labute approximate surface area is 171 Å². The maximum Gasteiger partial charge on any atom is 0.338 e. The number of esters is 1. The van der Waals surface area contributed by atoms with Crippen molar-refractivity contribution in [1.82, 2.24) is 0 Å². The molecule has 0 aromatic carbocycles. The highest BCUT2D eigenvalue weighted by atomic mass is 19.1. The maximum absolute atomic E-state index is 16.9. The monoisotopic (exact) mass is 406 g/mol. The Morgan fingerprint density at radius 1 is 1.34 bits per heavy atom. The fourth-order valence-electron chi connectivity index (χ4n) is 7.22. The van der Waals surface area contributed by atoms with E-state index < -0.39 is 46.0 Å². The number of alkyl halides is 1. The second-order valence-electron chi connectivity index (χ2n) is 9.89. The molecule has 6 heteroatoms. The third-order valence-electron chi connectivity index (χ3n) is 8.81. The van der Waals surface area contributed by atoms with E-state index in [1.165, 1.54) is 12.2 Å². The number of carbonyl (C=O) groups excluding carboxylic acids is 2. The first-order chi connectivity index (χ1) is 13.5. The predicted molar refractivity (Wildman–Crippen MR) is 104 cm³/mol. The normalized spacial score (nSPS) is 51.0. The lowest BCUT2D eigenvalue weighted by atomic mass is 9.45. The molecule has 0 amide bonds. The van der Waals surface area contributed by atoms with Gasteiger partial charge in [-0.05, 0) is 63.5 Å². The minimum absolute atomic E-state index is 0.0328. The summed E-state index contributed by atoms with van der Waals surface area (Å²) in [4.78, 5) is 24.7. The summed E-state index contributed by atoms with van der Waals surface area (Å²) in [5, 5.41) is 22.8.